The van der Waals surface area contributed by atoms with E-state index in [1.54, 1.807) is 36.4 Å². The van der Waals surface area contributed by atoms with Crippen LogP contribution >= 0.6 is 11.8 Å². The van der Waals surface area contributed by atoms with Crippen LogP contribution in [0.5, 0.6) is 5.75 Å². The van der Waals surface area contributed by atoms with Crippen molar-refractivity contribution in [2.75, 3.05) is 13.2 Å². The van der Waals surface area contributed by atoms with Crippen LogP contribution < -0.4 is 10.2 Å². The van der Waals surface area contributed by atoms with E-state index in [0.717, 1.165) is 22.9 Å². The van der Waals surface area contributed by atoms with Crippen molar-refractivity contribution in [3.8, 4) is 5.75 Å². The fourth-order valence-corrected chi connectivity index (χ4v) is 3.72. The predicted octanol–water partition coefficient (Wildman–Crippen LogP) is 2.88. The third kappa shape index (κ3) is 6.32. The van der Waals surface area contributed by atoms with Crippen LogP contribution in [0.1, 0.15) is 11.1 Å². The van der Waals surface area contributed by atoms with Gasteiger partial charge >= 0.3 is 5.97 Å². The lowest BCUT2D eigenvalue weighted by molar-refractivity contribution is -0.139. The molecule has 0 saturated carbocycles. The number of hydrazone groups is 1. The number of carbonyl (C=O) groups is 3. The monoisotopic (exact) mass is 451 g/mol. The van der Waals surface area contributed by atoms with Gasteiger partial charge in [-0.05, 0) is 41.1 Å². The third-order valence-electron chi connectivity index (χ3n) is 4.22. The van der Waals surface area contributed by atoms with Crippen molar-refractivity contribution in [1.29, 1.82) is 0 Å². The predicted molar refractivity (Wildman–Crippen MR) is 123 cm³/mol. The van der Waals surface area contributed by atoms with Gasteiger partial charge in [-0.3, -0.25) is 14.5 Å². The summed E-state index contributed by atoms with van der Waals surface area (Å²) in [5.74, 6) is -1.19. The highest BCUT2D eigenvalue weighted by Gasteiger charge is 2.32. The van der Waals surface area contributed by atoms with E-state index in [4.69, 9.17) is 9.84 Å². The Morgan fingerprint density at radius 2 is 1.88 bits per heavy atom. The summed E-state index contributed by atoms with van der Waals surface area (Å²) in [4.78, 5) is 37.4. The molecule has 1 fully saturated rings. The molecule has 0 radical (unpaired) electrons. The second-order valence-electron chi connectivity index (χ2n) is 6.66. The molecule has 1 saturated heterocycles. The lowest BCUT2D eigenvalue weighted by Gasteiger charge is -2.12. The molecule has 0 aliphatic carbocycles. The second kappa shape index (κ2) is 11.0. The number of rotatable bonds is 9. The fraction of sp³-hybridized carbons (Fsp3) is 0.130. The van der Waals surface area contributed by atoms with Gasteiger partial charge in [-0.15, -0.1) is 11.7 Å². The Kier molecular flexibility index (Phi) is 7.82. The lowest BCUT2D eigenvalue weighted by atomic mass is 10.1. The minimum absolute atomic E-state index is 0.177. The van der Waals surface area contributed by atoms with Crippen molar-refractivity contribution in [2.45, 2.75) is 6.42 Å². The zero-order valence-corrected chi connectivity index (χ0v) is 17.9. The van der Waals surface area contributed by atoms with E-state index in [1.165, 1.54) is 4.90 Å². The summed E-state index contributed by atoms with van der Waals surface area (Å²) in [5, 5.41) is 13.2. The van der Waals surface area contributed by atoms with Gasteiger partial charge in [-0.25, -0.2) is 10.2 Å². The number of carbonyl (C=O) groups excluding carboxylic acids is 2. The van der Waals surface area contributed by atoms with Crippen molar-refractivity contribution >= 4 is 40.8 Å². The quantitative estimate of drug-likeness (QED) is 0.345. The van der Waals surface area contributed by atoms with Crippen LogP contribution in [0.4, 0.5) is 0 Å². The number of amidine groups is 1. The van der Waals surface area contributed by atoms with Crippen LogP contribution in [0.2, 0.25) is 0 Å². The van der Waals surface area contributed by atoms with E-state index in [2.05, 4.69) is 17.1 Å². The Hall–Kier alpha value is -3.85. The molecule has 2 amide bonds. The van der Waals surface area contributed by atoms with E-state index in [-0.39, 0.29) is 24.8 Å². The number of ether oxygens (including phenoxy) is 1. The second-order valence-corrected chi connectivity index (χ2v) is 7.67. The number of carboxylic acids is 1. The molecule has 2 aromatic carbocycles. The average molecular weight is 452 g/mol. The smallest absolute Gasteiger partial charge is 0.341 e. The van der Waals surface area contributed by atoms with Crippen molar-refractivity contribution in [1.82, 2.24) is 10.3 Å². The maximum absolute atomic E-state index is 12.8. The number of amides is 2. The first-order valence-corrected chi connectivity index (χ1v) is 10.5. The summed E-state index contributed by atoms with van der Waals surface area (Å²) in [5.41, 5.74) is 4.10. The van der Waals surface area contributed by atoms with Gasteiger partial charge in [0.05, 0.1) is 11.3 Å². The number of nitrogens with zero attached hydrogens (tertiary/aromatic N) is 2. The Balaban J connectivity index is 1.70. The highest BCUT2D eigenvalue weighted by Crippen LogP contribution is 2.32. The summed E-state index contributed by atoms with van der Waals surface area (Å²) >= 11 is 1.14. The number of hydrogen-bond acceptors (Lipinski definition) is 6. The molecular formula is C23H21N3O5S. The molecule has 3 rings (SSSR count). The van der Waals surface area contributed by atoms with Crippen molar-refractivity contribution in [2.24, 2.45) is 5.10 Å². The van der Waals surface area contributed by atoms with Crippen LogP contribution in [0.25, 0.3) is 6.08 Å². The van der Waals surface area contributed by atoms with Gasteiger partial charge in [0.2, 0.25) is 5.91 Å². The summed E-state index contributed by atoms with van der Waals surface area (Å²) < 4.78 is 5.11. The molecule has 164 valence electrons. The molecule has 32 heavy (non-hydrogen) atoms. The van der Waals surface area contributed by atoms with Crippen LogP contribution in [-0.2, 0) is 20.8 Å². The fourth-order valence-electron chi connectivity index (χ4n) is 2.77. The summed E-state index contributed by atoms with van der Waals surface area (Å²) in [6.45, 7) is 3.49. The van der Waals surface area contributed by atoms with Gasteiger partial charge < -0.3 is 9.84 Å². The molecule has 2 aromatic rings. The molecule has 1 aliphatic rings. The molecule has 0 bridgehead atoms. The number of nitrogens with one attached hydrogen (secondary N) is 1. The molecule has 9 heteroatoms. The highest BCUT2D eigenvalue weighted by molar-refractivity contribution is 8.18. The standard InChI is InChI=1S/C23H21N3O5S/c1-2-12-26-22(30)19(13-17-8-10-18(11-9-17)31-15-21(28)29)32-23(26)25-24-20(27)14-16-6-4-3-5-7-16/h2-11,13H,1,12,14-15H2,(H,24,27)(H,28,29). The summed E-state index contributed by atoms with van der Waals surface area (Å²) in [6, 6.07) is 16.0. The van der Waals surface area contributed by atoms with Crippen LogP contribution in [-0.4, -0.2) is 46.1 Å². The normalized spacial score (nSPS) is 15.8. The summed E-state index contributed by atoms with van der Waals surface area (Å²) in [6.07, 6.45) is 3.45. The maximum Gasteiger partial charge on any atom is 0.341 e. The molecule has 0 aromatic heterocycles. The molecule has 0 atom stereocenters. The molecule has 1 heterocycles. The van der Waals surface area contributed by atoms with Gasteiger partial charge in [0.1, 0.15) is 5.75 Å². The highest BCUT2D eigenvalue weighted by atomic mass is 32.2. The number of aliphatic carboxylic acids is 1. The molecular weight excluding hydrogens is 430 g/mol. The Labute approximate surface area is 189 Å². The van der Waals surface area contributed by atoms with Crippen LogP contribution in [0.15, 0.2) is 77.3 Å². The van der Waals surface area contributed by atoms with Gasteiger partial charge in [-0.2, -0.15) is 0 Å². The van der Waals surface area contributed by atoms with Crippen molar-refractivity contribution < 1.29 is 24.2 Å². The topological polar surface area (TPSA) is 108 Å². The van der Waals surface area contributed by atoms with E-state index in [9.17, 15) is 14.4 Å². The Morgan fingerprint density at radius 3 is 2.53 bits per heavy atom. The average Bonchev–Trinajstić information content (AvgIpc) is 3.07. The van der Waals surface area contributed by atoms with Crippen LogP contribution in [0, 0.1) is 0 Å². The third-order valence-corrected chi connectivity index (χ3v) is 5.23. The first-order valence-electron chi connectivity index (χ1n) is 9.63. The van der Waals surface area contributed by atoms with E-state index < -0.39 is 12.6 Å². The lowest BCUT2D eigenvalue weighted by Crippen LogP contribution is -2.31. The largest absolute Gasteiger partial charge is 0.482 e. The molecule has 0 unspecified atom stereocenters. The Bertz CT molecular complexity index is 1060. The van der Waals surface area contributed by atoms with Gasteiger partial charge in [-0.1, -0.05) is 48.5 Å². The Morgan fingerprint density at radius 1 is 1.16 bits per heavy atom. The number of carboxylic acid groups (broad SMARTS) is 1. The van der Waals surface area contributed by atoms with Gasteiger partial charge in [0, 0.05) is 6.54 Å². The molecule has 1 aliphatic heterocycles. The first kappa shape index (κ1) is 22.8. The zero-order valence-electron chi connectivity index (χ0n) is 17.1. The minimum Gasteiger partial charge on any atom is -0.482 e. The zero-order chi connectivity index (χ0) is 22.9. The molecule has 0 spiro atoms. The van der Waals surface area contributed by atoms with Gasteiger partial charge in [0.25, 0.3) is 5.91 Å². The first-order chi connectivity index (χ1) is 15.5. The van der Waals surface area contributed by atoms with Gasteiger partial charge in [0.15, 0.2) is 11.8 Å². The van der Waals surface area contributed by atoms with Crippen LogP contribution in [0.3, 0.4) is 0 Å². The van der Waals surface area contributed by atoms with E-state index >= 15 is 0 Å². The van der Waals surface area contributed by atoms with Crippen molar-refractivity contribution in [3.63, 3.8) is 0 Å². The van der Waals surface area contributed by atoms with E-state index in [0.29, 0.717) is 15.8 Å². The number of hydrogen-bond donors (Lipinski definition) is 2. The number of benzene rings is 2. The molecule has 8 nitrogen and oxygen atoms in total. The minimum atomic E-state index is -1.06. The van der Waals surface area contributed by atoms with E-state index in [1.807, 2.05) is 30.3 Å². The maximum atomic E-state index is 12.8. The number of thioether (sulfide) groups is 1. The summed E-state index contributed by atoms with van der Waals surface area (Å²) in [7, 11) is 0. The SMILES string of the molecule is C=CCN1C(=O)C(=Cc2ccc(OCC(=O)O)cc2)SC1=NNC(=O)Cc1ccccc1. The molecule has 2 N–H and O–H groups in total. The van der Waals surface area contributed by atoms with Crippen molar-refractivity contribution in [3.05, 3.63) is 83.3 Å².